The second-order valence-corrected chi connectivity index (χ2v) is 5.88. The van der Waals surface area contributed by atoms with Gasteiger partial charge in [0.25, 0.3) is 0 Å². The molecule has 0 amide bonds. The van der Waals surface area contributed by atoms with Gasteiger partial charge in [0.1, 0.15) is 4.90 Å². The summed E-state index contributed by atoms with van der Waals surface area (Å²) in [5, 5.41) is 4.97. The summed E-state index contributed by atoms with van der Waals surface area (Å²) < 4.78 is 27.3. The van der Waals surface area contributed by atoms with E-state index in [1.807, 2.05) is 0 Å². The summed E-state index contributed by atoms with van der Waals surface area (Å²) >= 11 is 7.58. The number of carbonyl (C=O) groups is 1. The normalized spacial score (nSPS) is 11.2. The summed E-state index contributed by atoms with van der Waals surface area (Å²) in [5.74, 6) is -0.653. The van der Waals surface area contributed by atoms with Gasteiger partial charge in [-0.2, -0.15) is 0 Å². The fourth-order valence-electron chi connectivity index (χ4n) is 1.01. The molecule has 0 saturated heterocycles. The third-order valence-corrected chi connectivity index (χ3v) is 4.35. The highest BCUT2D eigenvalue weighted by Crippen LogP contribution is 2.27. The quantitative estimate of drug-likeness (QED) is 0.625. The molecule has 88 valence electrons. The first kappa shape index (κ1) is 13.7. The van der Waals surface area contributed by atoms with E-state index in [1.54, 1.807) is 22.6 Å². The Kier molecular flexibility index (Phi) is 4.16. The Hall–Kier alpha value is -0.380. The maximum atomic E-state index is 11.3. The number of nitrogens with two attached hydrogens (primary N) is 1. The maximum Gasteiger partial charge on any atom is 0.337 e. The molecule has 1 rings (SSSR count). The predicted octanol–water partition coefficient (Wildman–Crippen LogP) is 1.38. The van der Waals surface area contributed by atoms with Crippen LogP contribution in [0.15, 0.2) is 17.0 Å². The van der Waals surface area contributed by atoms with Crippen molar-refractivity contribution in [1.29, 1.82) is 0 Å². The lowest BCUT2D eigenvalue weighted by Gasteiger charge is -2.06. The summed E-state index contributed by atoms with van der Waals surface area (Å²) in [5.41, 5.74) is 0.0836. The van der Waals surface area contributed by atoms with Crippen molar-refractivity contribution >= 4 is 50.2 Å². The second-order valence-electron chi connectivity index (χ2n) is 2.81. The number of halogens is 2. The average molecular weight is 376 g/mol. The Bertz CT molecular complexity index is 543. The van der Waals surface area contributed by atoms with Crippen LogP contribution in [0.2, 0.25) is 5.02 Å². The molecule has 0 fully saturated rings. The number of ether oxygens (including phenoxy) is 1. The minimum Gasteiger partial charge on any atom is -0.465 e. The van der Waals surface area contributed by atoms with Crippen LogP contribution in [0.4, 0.5) is 0 Å². The number of benzene rings is 1. The lowest BCUT2D eigenvalue weighted by Crippen LogP contribution is -2.14. The van der Waals surface area contributed by atoms with Crippen molar-refractivity contribution in [2.45, 2.75) is 4.90 Å². The SMILES string of the molecule is COC(=O)c1cc(I)c(Cl)c(S(N)(=O)=O)c1. The Morgan fingerprint density at radius 2 is 2.06 bits per heavy atom. The van der Waals surface area contributed by atoms with Gasteiger partial charge in [-0.15, -0.1) is 0 Å². The van der Waals surface area contributed by atoms with Gasteiger partial charge >= 0.3 is 5.97 Å². The number of rotatable bonds is 2. The van der Waals surface area contributed by atoms with E-state index in [1.165, 1.54) is 13.2 Å². The van der Waals surface area contributed by atoms with E-state index in [2.05, 4.69) is 4.74 Å². The zero-order valence-electron chi connectivity index (χ0n) is 8.03. The Morgan fingerprint density at radius 1 is 1.50 bits per heavy atom. The number of hydrogen-bond acceptors (Lipinski definition) is 4. The van der Waals surface area contributed by atoms with Crippen LogP contribution in [-0.4, -0.2) is 21.5 Å². The molecule has 16 heavy (non-hydrogen) atoms. The number of primary sulfonamides is 1. The molecule has 5 nitrogen and oxygen atoms in total. The summed E-state index contributed by atoms with van der Waals surface area (Å²) in [6, 6.07) is 2.51. The average Bonchev–Trinajstić information content (AvgIpc) is 2.18. The van der Waals surface area contributed by atoms with Crippen LogP contribution in [0.3, 0.4) is 0 Å². The van der Waals surface area contributed by atoms with Gasteiger partial charge in [-0.25, -0.2) is 18.4 Å². The predicted molar refractivity (Wildman–Crippen MR) is 66.9 cm³/mol. The number of hydrogen-bond donors (Lipinski definition) is 1. The van der Waals surface area contributed by atoms with Crippen molar-refractivity contribution in [2.24, 2.45) is 5.14 Å². The van der Waals surface area contributed by atoms with Crippen molar-refractivity contribution < 1.29 is 17.9 Å². The van der Waals surface area contributed by atoms with Gasteiger partial charge in [0.15, 0.2) is 0 Å². The first-order valence-corrected chi connectivity index (χ1v) is 6.88. The fourth-order valence-corrected chi connectivity index (χ4v) is 2.90. The summed E-state index contributed by atoms with van der Waals surface area (Å²) in [7, 11) is -2.77. The van der Waals surface area contributed by atoms with E-state index in [0.717, 1.165) is 6.07 Å². The molecule has 8 heteroatoms. The summed E-state index contributed by atoms with van der Waals surface area (Å²) in [4.78, 5) is 11.0. The zero-order chi connectivity index (χ0) is 12.5. The molecule has 0 aliphatic rings. The molecule has 0 unspecified atom stereocenters. The van der Waals surface area contributed by atoms with Crippen molar-refractivity contribution in [1.82, 2.24) is 0 Å². The van der Waals surface area contributed by atoms with Crippen molar-refractivity contribution in [2.75, 3.05) is 7.11 Å². The van der Waals surface area contributed by atoms with E-state index >= 15 is 0 Å². The van der Waals surface area contributed by atoms with E-state index < -0.39 is 16.0 Å². The molecule has 0 heterocycles. The van der Waals surface area contributed by atoms with Crippen LogP contribution in [0.25, 0.3) is 0 Å². The summed E-state index contributed by atoms with van der Waals surface area (Å²) in [6.45, 7) is 0. The van der Waals surface area contributed by atoms with Crippen LogP contribution in [-0.2, 0) is 14.8 Å². The lowest BCUT2D eigenvalue weighted by molar-refractivity contribution is 0.0600. The standard InChI is InChI=1S/C8H7ClINO4S/c1-15-8(12)4-2-5(10)7(9)6(3-4)16(11,13)14/h2-3H,1H3,(H2,11,13,14). The molecule has 0 bridgehead atoms. The Labute approximate surface area is 111 Å². The third kappa shape index (κ3) is 2.84. The minimum absolute atomic E-state index is 0.00393. The van der Waals surface area contributed by atoms with E-state index in [9.17, 15) is 13.2 Å². The molecule has 1 aromatic carbocycles. The van der Waals surface area contributed by atoms with Gasteiger partial charge in [-0.3, -0.25) is 0 Å². The second kappa shape index (κ2) is 4.86. The molecule has 2 N–H and O–H groups in total. The van der Waals surface area contributed by atoms with Gasteiger partial charge in [-0.05, 0) is 34.7 Å². The first-order valence-electron chi connectivity index (χ1n) is 3.87. The number of esters is 1. The third-order valence-electron chi connectivity index (χ3n) is 1.72. The van der Waals surface area contributed by atoms with Crippen molar-refractivity contribution in [3.05, 3.63) is 26.3 Å². The van der Waals surface area contributed by atoms with Gasteiger partial charge < -0.3 is 4.74 Å². The topological polar surface area (TPSA) is 86.5 Å². The van der Waals surface area contributed by atoms with E-state index in [0.29, 0.717) is 3.57 Å². The fraction of sp³-hybridized carbons (Fsp3) is 0.125. The molecular formula is C8H7ClINO4S. The van der Waals surface area contributed by atoms with Gasteiger partial charge in [0.05, 0.1) is 17.7 Å². The largest absolute Gasteiger partial charge is 0.465 e. The molecule has 0 radical (unpaired) electrons. The number of methoxy groups -OCH3 is 1. The zero-order valence-corrected chi connectivity index (χ0v) is 11.8. The molecule has 0 aliphatic heterocycles. The number of sulfonamides is 1. The van der Waals surface area contributed by atoms with Gasteiger partial charge in [-0.1, -0.05) is 11.6 Å². The van der Waals surface area contributed by atoms with Crippen LogP contribution in [0.5, 0.6) is 0 Å². The molecule has 1 aromatic rings. The van der Waals surface area contributed by atoms with Crippen LogP contribution >= 0.6 is 34.2 Å². The van der Waals surface area contributed by atoms with E-state index in [-0.39, 0.29) is 15.5 Å². The molecule has 0 atom stereocenters. The minimum atomic E-state index is -3.96. The smallest absolute Gasteiger partial charge is 0.337 e. The van der Waals surface area contributed by atoms with Crippen molar-refractivity contribution in [3.8, 4) is 0 Å². The van der Waals surface area contributed by atoms with Crippen molar-refractivity contribution in [3.63, 3.8) is 0 Å². The summed E-state index contributed by atoms with van der Waals surface area (Å²) in [6.07, 6.45) is 0. The van der Waals surface area contributed by atoms with Crippen LogP contribution in [0.1, 0.15) is 10.4 Å². The van der Waals surface area contributed by atoms with Gasteiger partial charge in [0.2, 0.25) is 10.0 Å². The maximum absolute atomic E-state index is 11.3. The molecule has 0 aliphatic carbocycles. The Morgan fingerprint density at radius 3 is 2.50 bits per heavy atom. The highest BCUT2D eigenvalue weighted by molar-refractivity contribution is 14.1. The lowest BCUT2D eigenvalue weighted by atomic mass is 10.2. The highest BCUT2D eigenvalue weighted by Gasteiger charge is 2.19. The molecular weight excluding hydrogens is 369 g/mol. The van der Waals surface area contributed by atoms with Gasteiger partial charge in [0, 0.05) is 3.57 Å². The van der Waals surface area contributed by atoms with Crippen LogP contribution < -0.4 is 5.14 Å². The monoisotopic (exact) mass is 375 g/mol. The first-order chi connectivity index (χ1) is 7.27. The Balaban J connectivity index is 3.52. The molecule has 0 spiro atoms. The number of carbonyl (C=O) groups excluding carboxylic acids is 1. The highest BCUT2D eigenvalue weighted by atomic mass is 127. The van der Waals surface area contributed by atoms with Crippen LogP contribution in [0, 0.1) is 3.57 Å². The molecule has 0 saturated carbocycles. The molecule has 0 aromatic heterocycles. The van der Waals surface area contributed by atoms with E-state index in [4.69, 9.17) is 16.7 Å².